The molecular weight excluding hydrogens is 340 g/mol. The lowest BCUT2D eigenvalue weighted by Gasteiger charge is -2.28. The summed E-state index contributed by atoms with van der Waals surface area (Å²) in [5.41, 5.74) is 1.27. The van der Waals surface area contributed by atoms with Crippen molar-refractivity contribution < 1.29 is 18.0 Å². The van der Waals surface area contributed by atoms with Gasteiger partial charge in [-0.25, -0.2) is 13.1 Å². The molecule has 0 aliphatic heterocycles. The lowest BCUT2D eigenvalue weighted by Crippen LogP contribution is -2.42. The number of carbonyl (C=O) groups is 2. The third kappa shape index (κ3) is 5.37. The second-order valence-electron chi connectivity index (χ2n) is 6.88. The van der Waals surface area contributed by atoms with Crippen LogP contribution in [0.2, 0.25) is 0 Å². The molecule has 1 aromatic rings. The van der Waals surface area contributed by atoms with Gasteiger partial charge in [0.2, 0.25) is 15.9 Å². The van der Waals surface area contributed by atoms with Gasteiger partial charge in [0.1, 0.15) is 0 Å². The molecule has 1 amide bonds. The summed E-state index contributed by atoms with van der Waals surface area (Å²) in [5.74, 6) is -0.187. The Kier molecular flexibility index (Phi) is 6.35. The SMILES string of the molecule is CC(=O)c1ccc(NC(=O)C2CCC(NS(=O)(=O)C(C)C)CC2)cc1. The van der Waals surface area contributed by atoms with Crippen LogP contribution in [0.25, 0.3) is 0 Å². The molecule has 1 aliphatic rings. The van der Waals surface area contributed by atoms with E-state index in [1.165, 1.54) is 6.92 Å². The zero-order valence-corrected chi connectivity index (χ0v) is 15.7. The molecule has 2 N–H and O–H groups in total. The first-order valence-corrected chi connectivity index (χ1v) is 10.2. The van der Waals surface area contributed by atoms with E-state index in [-0.39, 0.29) is 23.7 Å². The first kappa shape index (κ1) is 19.6. The number of ketones is 1. The number of carbonyl (C=O) groups excluding carboxylic acids is 2. The maximum absolute atomic E-state index is 12.4. The molecule has 0 aromatic heterocycles. The molecule has 0 saturated heterocycles. The van der Waals surface area contributed by atoms with Crippen LogP contribution < -0.4 is 10.0 Å². The van der Waals surface area contributed by atoms with Crippen LogP contribution in [0.15, 0.2) is 24.3 Å². The zero-order chi connectivity index (χ0) is 18.6. The molecule has 0 unspecified atom stereocenters. The second-order valence-corrected chi connectivity index (χ2v) is 9.15. The average molecular weight is 366 g/mol. The standard InChI is InChI=1S/C18H26N2O4S/c1-12(2)25(23,24)20-17-10-6-15(7-11-17)18(22)19-16-8-4-14(5-9-16)13(3)21/h4-5,8-9,12,15,17,20H,6-7,10-11H2,1-3H3,(H,19,22). The molecule has 0 atom stereocenters. The zero-order valence-electron chi connectivity index (χ0n) is 14.9. The van der Waals surface area contributed by atoms with Crippen LogP contribution in [-0.4, -0.2) is 31.4 Å². The van der Waals surface area contributed by atoms with E-state index < -0.39 is 15.3 Å². The van der Waals surface area contributed by atoms with Crippen LogP contribution in [0.4, 0.5) is 5.69 Å². The number of rotatable bonds is 6. The quantitative estimate of drug-likeness (QED) is 0.757. The molecular formula is C18H26N2O4S. The molecule has 1 saturated carbocycles. The van der Waals surface area contributed by atoms with Crippen molar-refractivity contribution in [2.24, 2.45) is 5.92 Å². The van der Waals surface area contributed by atoms with Crippen molar-refractivity contribution in [2.45, 2.75) is 57.7 Å². The fraction of sp³-hybridized carbons (Fsp3) is 0.556. The van der Waals surface area contributed by atoms with Gasteiger partial charge in [-0.05, 0) is 70.7 Å². The van der Waals surface area contributed by atoms with E-state index in [1.807, 2.05) is 0 Å². The molecule has 1 fully saturated rings. The van der Waals surface area contributed by atoms with E-state index in [0.29, 0.717) is 36.9 Å². The van der Waals surface area contributed by atoms with E-state index in [1.54, 1.807) is 38.1 Å². The first-order chi connectivity index (χ1) is 11.7. The van der Waals surface area contributed by atoms with Crippen molar-refractivity contribution in [2.75, 3.05) is 5.32 Å². The minimum Gasteiger partial charge on any atom is -0.326 e. The Morgan fingerprint density at radius 2 is 1.60 bits per heavy atom. The van der Waals surface area contributed by atoms with Gasteiger partial charge in [0.25, 0.3) is 0 Å². The Labute approximate surface area is 149 Å². The predicted molar refractivity (Wildman–Crippen MR) is 98.0 cm³/mol. The van der Waals surface area contributed by atoms with E-state index in [2.05, 4.69) is 10.0 Å². The number of nitrogens with one attached hydrogen (secondary N) is 2. The fourth-order valence-corrected chi connectivity index (χ4v) is 3.85. The van der Waals surface area contributed by atoms with Crippen molar-refractivity contribution in [3.8, 4) is 0 Å². The van der Waals surface area contributed by atoms with E-state index in [0.717, 1.165) is 0 Å². The summed E-state index contributed by atoms with van der Waals surface area (Å²) < 4.78 is 26.6. The Balaban J connectivity index is 1.86. The number of amides is 1. The van der Waals surface area contributed by atoms with Crippen LogP contribution in [0.5, 0.6) is 0 Å². The molecule has 25 heavy (non-hydrogen) atoms. The number of hydrogen-bond acceptors (Lipinski definition) is 4. The smallest absolute Gasteiger partial charge is 0.227 e. The van der Waals surface area contributed by atoms with E-state index >= 15 is 0 Å². The van der Waals surface area contributed by atoms with Crippen LogP contribution in [0, 0.1) is 5.92 Å². The normalized spacial score (nSPS) is 21.1. The van der Waals surface area contributed by atoms with Crippen LogP contribution in [-0.2, 0) is 14.8 Å². The molecule has 0 radical (unpaired) electrons. The van der Waals surface area contributed by atoms with Crippen LogP contribution in [0.1, 0.15) is 56.8 Å². The molecule has 2 rings (SSSR count). The maximum Gasteiger partial charge on any atom is 0.227 e. The third-order valence-electron chi connectivity index (χ3n) is 4.61. The molecule has 0 heterocycles. The van der Waals surface area contributed by atoms with Crippen LogP contribution in [0.3, 0.4) is 0 Å². The summed E-state index contributed by atoms with van der Waals surface area (Å²) in [7, 11) is -3.27. The maximum atomic E-state index is 12.4. The van der Waals surface area contributed by atoms with Gasteiger partial charge in [-0.2, -0.15) is 0 Å². The number of Topliss-reactive ketones (excluding diaryl/α,β-unsaturated/α-hetero) is 1. The van der Waals surface area contributed by atoms with Gasteiger partial charge in [-0.1, -0.05) is 0 Å². The highest BCUT2D eigenvalue weighted by atomic mass is 32.2. The Hall–Kier alpha value is -1.73. The molecule has 1 aromatic carbocycles. The molecule has 0 bridgehead atoms. The first-order valence-electron chi connectivity index (χ1n) is 8.62. The van der Waals surface area contributed by atoms with Crippen molar-refractivity contribution in [3.63, 3.8) is 0 Å². The third-order valence-corrected chi connectivity index (χ3v) is 6.51. The van der Waals surface area contributed by atoms with Crippen molar-refractivity contribution in [1.29, 1.82) is 0 Å². The van der Waals surface area contributed by atoms with Gasteiger partial charge in [-0.3, -0.25) is 9.59 Å². The topological polar surface area (TPSA) is 92.3 Å². The van der Waals surface area contributed by atoms with Gasteiger partial charge in [0.05, 0.1) is 5.25 Å². The number of anilines is 1. The van der Waals surface area contributed by atoms with Gasteiger partial charge in [-0.15, -0.1) is 0 Å². The Morgan fingerprint density at radius 1 is 1.04 bits per heavy atom. The minimum absolute atomic E-state index is 0.0138. The van der Waals surface area contributed by atoms with Crippen molar-refractivity contribution in [1.82, 2.24) is 4.72 Å². The summed E-state index contributed by atoms with van der Waals surface area (Å²) in [6.45, 7) is 4.80. The van der Waals surface area contributed by atoms with Gasteiger partial charge < -0.3 is 5.32 Å². The Bertz CT molecular complexity index is 718. The molecule has 6 nitrogen and oxygen atoms in total. The summed E-state index contributed by atoms with van der Waals surface area (Å²) in [5, 5.41) is 2.42. The summed E-state index contributed by atoms with van der Waals surface area (Å²) in [6.07, 6.45) is 2.63. The van der Waals surface area contributed by atoms with Gasteiger partial charge in [0.15, 0.2) is 5.78 Å². The monoisotopic (exact) mass is 366 g/mol. The van der Waals surface area contributed by atoms with Crippen molar-refractivity contribution >= 4 is 27.4 Å². The Morgan fingerprint density at radius 3 is 2.08 bits per heavy atom. The molecule has 138 valence electrons. The lowest BCUT2D eigenvalue weighted by atomic mass is 9.86. The minimum atomic E-state index is -3.27. The van der Waals surface area contributed by atoms with Gasteiger partial charge in [0, 0.05) is 23.2 Å². The number of hydrogen-bond donors (Lipinski definition) is 2. The van der Waals surface area contributed by atoms with Gasteiger partial charge >= 0.3 is 0 Å². The average Bonchev–Trinajstić information content (AvgIpc) is 2.55. The second kappa shape index (κ2) is 8.10. The summed E-state index contributed by atoms with van der Waals surface area (Å²) in [6, 6.07) is 6.73. The highest BCUT2D eigenvalue weighted by Gasteiger charge is 2.29. The highest BCUT2D eigenvalue weighted by Crippen LogP contribution is 2.26. The molecule has 7 heteroatoms. The lowest BCUT2D eigenvalue weighted by molar-refractivity contribution is -0.120. The predicted octanol–water partition coefficient (Wildman–Crippen LogP) is 2.71. The fourth-order valence-electron chi connectivity index (χ4n) is 2.87. The number of sulfonamides is 1. The van der Waals surface area contributed by atoms with Crippen LogP contribution >= 0.6 is 0 Å². The highest BCUT2D eigenvalue weighted by molar-refractivity contribution is 7.90. The largest absolute Gasteiger partial charge is 0.326 e. The molecule has 0 spiro atoms. The van der Waals surface area contributed by atoms with E-state index in [4.69, 9.17) is 0 Å². The van der Waals surface area contributed by atoms with Crippen molar-refractivity contribution in [3.05, 3.63) is 29.8 Å². The van der Waals surface area contributed by atoms with E-state index in [9.17, 15) is 18.0 Å². The summed E-state index contributed by atoms with van der Waals surface area (Å²) >= 11 is 0. The molecule has 1 aliphatic carbocycles. The summed E-state index contributed by atoms with van der Waals surface area (Å²) in [4.78, 5) is 23.6. The number of benzene rings is 1.